The average molecular weight is 320 g/mol. The molecule has 0 bridgehead atoms. The second-order valence-corrected chi connectivity index (χ2v) is 7.24. The molecule has 1 saturated carbocycles. The molecule has 1 aromatic carbocycles. The van der Waals surface area contributed by atoms with E-state index >= 15 is 0 Å². The van der Waals surface area contributed by atoms with E-state index in [0.717, 1.165) is 25.7 Å². The highest BCUT2D eigenvalue weighted by Crippen LogP contribution is 2.38. The van der Waals surface area contributed by atoms with Crippen LogP contribution in [-0.4, -0.2) is 18.7 Å². The lowest BCUT2D eigenvalue weighted by molar-refractivity contribution is -0.281. The molecular weight excluding hydrogens is 292 g/mol. The van der Waals surface area contributed by atoms with E-state index in [-0.39, 0.29) is 6.10 Å². The van der Waals surface area contributed by atoms with Gasteiger partial charge in [0.05, 0.1) is 6.61 Å². The summed E-state index contributed by atoms with van der Waals surface area (Å²) in [5.41, 5.74) is 0.732. The molecule has 0 N–H and O–H groups in total. The van der Waals surface area contributed by atoms with Crippen molar-refractivity contribution >= 4 is 5.97 Å². The van der Waals surface area contributed by atoms with Gasteiger partial charge in [-0.3, -0.25) is 4.89 Å². The van der Waals surface area contributed by atoms with Crippen LogP contribution in [0.25, 0.3) is 0 Å². The summed E-state index contributed by atoms with van der Waals surface area (Å²) in [6.07, 6.45) is 4.09. The fourth-order valence-corrected chi connectivity index (χ4v) is 3.10. The van der Waals surface area contributed by atoms with Gasteiger partial charge in [-0.05, 0) is 56.1 Å². The summed E-state index contributed by atoms with van der Waals surface area (Å²) in [5, 5.41) is 0. The maximum atomic E-state index is 12.2. The second-order valence-electron chi connectivity index (χ2n) is 7.24. The molecule has 0 aromatic heterocycles. The third-order valence-electron chi connectivity index (χ3n) is 4.57. The molecule has 0 atom stereocenters. The van der Waals surface area contributed by atoms with Crippen molar-refractivity contribution in [2.75, 3.05) is 6.61 Å². The number of rotatable bonds is 5. The van der Waals surface area contributed by atoms with Crippen LogP contribution >= 0.6 is 0 Å². The molecular formula is C19H28O4. The summed E-state index contributed by atoms with van der Waals surface area (Å²) in [6, 6.07) is 7.06. The van der Waals surface area contributed by atoms with Crippen molar-refractivity contribution in [2.45, 2.75) is 59.5 Å². The normalized spacial score (nSPS) is 21.7. The van der Waals surface area contributed by atoms with E-state index in [1.54, 1.807) is 18.2 Å². The molecule has 128 valence electrons. The van der Waals surface area contributed by atoms with E-state index < -0.39 is 5.97 Å². The van der Waals surface area contributed by atoms with Gasteiger partial charge < -0.3 is 4.74 Å². The largest absolute Gasteiger partial charge is 0.493 e. The molecule has 0 aliphatic heterocycles. The highest BCUT2D eigenvalue weighted by atomic mass is 17.2. The molecule has 1 aliphatic carbocycles. The zero-order valence-electron chi connectivity index (χ0n) is 14.6. The first-order valence-corrected chi connectivity index (χ1v) is 8.51. The van der Waals surface area contributed by atoms with Gasteiger partial charge >= 0.3 is 5.97 Å². The van der Waals surface area contributed by atoms with Gasteiger partial charge in [-0.25, -0.2) is 4.79 Å². The molecule has 0 radical (unpaired) electrons. The predicted octanol–water partition coefficient (Wildman–Crippen LogP) is 4.78. The molecule has 2 rings (SSSR count). The Balaban J connectivity index is 1.84. The number of carbonyl (C=O) groups excluding carboxylic acids is 1. The lowest BCUT2D eigenvalue weighted by Gasteiger charge is -2.36. The molecule has 1 fully saturated rings. The fraction of sp³-hybridized carbons (Fsp3) is 0.632. The molecule has 4 heteroatoms. The zero-order valence-corrected chi connectivity index (χ0v) is 14.6. The van der Waals surface area contributed by atoms with Crippen LogP contribution in [0.4, 0.5) is 0 Å². The van der Waals surface area contributed by atoms with Crippen molar-refractivity contribution in [1.29, 1.82) is 0 Å². The van der Waals surface area contributed by atoms with Gasteiger partial charge in [0.15, 0.2) is 0 Å². The van der Waals surface area contributed by atoms with Gasteiger partial charge in [0.25, 0.3) is 0 Å². The molecule has 0 heterocycles. The van der Waals surface area contributed by atoms with Crippen molar-refractivity contribution in [3.63, 3.8) is 0 Å². The lowest BCUT2D eigenvalue weighted by Crippen LogP contribution is -2.29. The summed E-state index contributed by atoms with van der Waals surface area (Å²) in [4.78, 5) is 22.6. The Morgan fingerprint density at radius 3 is 2.39 bits per heavy atom. The summed E-state index contributed by atoms with van der Waals surface area (Å²) in [7, 11) is 0. The summed E-state index contributed by atoms with van der Waals surface area (Å²) in [5.74, 6) is 0.740. The quantitative estimate of drug-likeness (QED) is 0.578. The highest BCUT2D eigenvalue weighted by molar-refractivity contribution is 5.92. The fourth-order valence-electron chi connectivity index (χ4n) is 3.10. The molecule has 1 aliphatic rings. The third-order valence-corrected chi connectivity index (χ3v) is 4.57. The van der Waals surface area contributed by atoms with Gasteiger partial charge in [-0.2, -0.15) is 4.89 Å². The van der Waals surface area contributed by atoms with Gasteiger partial charge in [0, 0.05) is 0 Å². The maximum Gasteiger partial charge on any atom is 0.376 e. The van der Waals surface area contributed by atoms with Crippen LogP contribution in [-0.2, 0) is 9.78 Å². The summed E-state index contributed by atoms with van der Waals surface area (Å²) < 4.78 is 5.45. The first-order chi connectivity index (χ1) is 10.9. The maximum absolute atomic E-state index is 12.2. The van der Waals surface area contributed by atoms with E-state index in [1.165, 1.54) is 0 Å². The number of para-hydroxylation sites is 1. The van der Waals surface area contributed by atoms with Crippen molar-refractivity contribution in [2.24, 2.45) is 11.3 Å². The van der Waals surface area contributed by atoms with Crippen LogP contribution in [0.2, 0.25) is 0 Å². The predicted molar refractivity (Wildman–Crippen MR) is 89.3 cm³/mol. The minimum absolute atomic E-state index is 0.00296. The van der Waals surface area contributed by atoms with Gasteiger partial charge in [-0.15, -0.1) is 0 Å². The van der Waals surface area contributed by atoms with E-state index in [9.17, 15) is 4.79 Å². The molecule has 0 spiro atoms. The zero-order chi connectivity index (χ0) is 16.9. The Hall–Kier alpha value is -1.55. The Morgan fingerprint density at radius 1 is 1.13 bits per heavy atom. The van der Waals surface area contributed by atoms with Gasteiger partial charge in [0.2, 0.25) is 0 Å². The second kappa shape index (κ2) is 7.82. The SMILES string of the molecule is CCOc1ccccc1C(=O)OOC1CCC(C(C)(C)C)CC1. The van der Waals surface area contributed by atoms with E-state index in [4.69, 9.17) is 14.5 Å². The molecule has 4 nitrogen and oxygen atoms in total. The van der Waals surface area contributed by atoms with Crippen LogP contribution in [0.3, 0.4) is 0 Å². The lowest BCUT2D eigenvalue weighted by atomic mass is 9.72. The molecule has 0 amide bonds. The first kappa shape index (κ1) is 17.8. The number of carbonyl (C=O) groups is 1. The molecule has 23 heavy (non-hydrogen) atoms. The van der Waals surface area contributed by atoms with Crippen molar-refractivity contribution < 1.29 is 19.3 Å². The van der Waals surface area contributed by atoms with E-state index in [0.29, 0.717) is 29.3 Å². The first-order valence-electron chi connectivity index (χ1n) is 8.51. The van der Waals surface area contributed by atoms with Crippen LogP contribution in [0.1, 0.15) is 63.7 Å². The van der Waals surface area contributed by atoms with Crippen LogP contribution < -0.4 is 4.74 Å². The Kier molecular flexibility index (Phi) is 6.05. The summed E-state index contributed by atoms with van der Waals surface area (Å²) in [6.45, 7) is 9.23. The molecule has 0 saturated heterocycles. The van der Waals surface area contributed by atoms with Crippen molar-refractivity contribution in [1.82, 2.24) is 0 Å². The van der Waals surface area contributed by atoms with Gasteiger partial charge in [-0.1, -0.05) is 32.9 Å². The summed E-state index contributed by atoms with van der Waals surface area (Å²) >= 11 is 0. The minimum atomic E-state index is -0.494. The van der Waals surface area contributed by atoms with Crippen molar-refractivity contribution in [3.8, 4) is 5.75 Å². The van der Waals surface area contributed by atoms with Gasteiger partial charge in [0.1, 0.15) is 17.4 Å². The van der Waals surface area contributed by atoms with Crippen LogP contribution in [0.5, 0.6) is 5.75 Å². The number of hydrogen-bond acceptors (Lipinski definition) is 4. The monoisotopic (exact) mass is 320 g/mol. The van der Waals surface area contributed by atoms with Crippen LogP contribution in [0.15, 0.2) is 24.3 Å². The number of ether oxygens (including phenoxy) is 1. The van der Waals surface area contributed by atoms with Crippen molar-refractivity contribution in [3.05, 3.63) is 29.8 Å². The van der Waals surface area contributed by atoms with Crippen LogP contribution in [0, 0.1) is 11.3 Å². The molecule has 1 aromatic rings. The third kappa shape index (κ3) is 4.96. The van der Waals surface area contributed by atoms with E-state index in [2.05, 4.69) is 20.8 Å². The minimum Gasteiger partial charge on any atom is -0.493 e. The number of benzene rings is 1. The molecule has 0 unspecified atom stereocenters. The Bertz CT molecular complexity index is 510. The number of hydrogen-bond donors (Lipinski definition) is 0. The highest BCUT2D eigenvalue weighted by Gasteiger charge is 2.31. The Morgan fingerprint density at radius 2 is 1.78 bits per heavy atom. The standard InChI is InChI=1S/C19H28O4/c1-5-21-17-9-7-6-8-16(17)18(20)23-22-15-12-10-14(11-13-15)19(2,3)4/h6-9,14-15H,5,10-13H2,1-4H3. The average Bonchev–Trinajstić information content (AvgIpc) is 2.53. The topological polar surface area (TPSA) is 44.8 Å². The Labute approximate surface area is 139 Å². The smallest absolute Gasteiger partial charge is 0.376 e. The van der Waals surface area contributed by atoms with E-state index in [1.807, 2.05) is 13.0 Å².